The highest BCUT2D eigenvalue weighted by Gasteiger charge is 2.45. The number of hydrogen-bond acceptors (Lipinski definition) is 16. The van der Waals surface area contributed by atoms with Gasteiger partial charge in [0, 0.05) is 63.9 Å². The van der Waals surface area contributed by atoms with Crippen LogP contribution in [0.4, 0.5) is 4.39 Å². The fraction of sp³-hybridized carbons (Fsp3) is 0.759. The number of benzene rings is 1. The number of alkyl halides is 1. The van der Waals surface area contributed by atoms with Gasteiger partial charge in [0.15, 0.2) is 6.29 Å². The average molecular weight is 1060 g/mol. The zero-order chi connectivity index (χ0) is 55.6. The van der Waals surface area contributed by atoms with Crippen LogP contribution < -0.4 is 5.32 Å². The normalized spacial score (nSPS) is 34.5. The third kappa shape index (κ3) is 20.2. The van der Waals surface area contributed by atoms with E-state index in [9.17, 15) is 49.7 Å². The summed E-state index contributed by atoms with van der Waals surface area (Å²) in [5, 5.41) is 76.0. The maximum atomic E-state index is 13.7. The largest absolute Gasteiger partial charge is 0.459 e. The standard InChI is InChI=1S/C24H31ClFN3O4.C20H39NO6.C8H16O3.C2H6/c1-15-11-19(12-23(31)33-15)29(2)10-9-22(30)28-20(13-26)24(32)17-5-3-16(4-6-17)18-7-8-21(25)27-14-18;1-8-15-20(6,26)18(24)21(7)11-12(2)9-19(5,25)10-13(3)16(22)14(4)17(23)27-15;1-6-7(9)8(2,10-3)4-5-11-6;1-2/h3-8,14-15,19-20,23-24,31-32H,9-13H2,1-2H3,(H,28,30);12-16,18,22,24-26H,8-11H2,1-7H3;6-7,9H,4-5H2,1-3H3;1-2H3/t;12-,13-,14-,15-,16+,18?,19-,20-;6?,7-,8+;/m.10./s1. The fourth-order valence-electron chi connectivity index (χ4n) is 9.86. The molecule has 1 aromatic carbocycles. The number of hydrogen-bond donors (Lipinski definition) is 8. The molecule has 2 aromatic rings. The second-order valence-electron chi connectivity index (χ2n) is 20.9. The molecule has 0 saturated carbocycles. The number of ether oxygens (including phenoxy) is 4. The lowest BCUT2D eigenvalue weighted by atomic mass is 9.80. The Labute approximate surface area is 439 Å². The molecule has 3 saturated heterocycles. The van der Waals surface area contributed by atoms with Crippen LogP contribution >= 0.6 is 11.6 Å². The number of halogens is 2. The van der Waals surface area contributed by atoms with E-state index in [-0.39, 0.29) is 42.4 Å². The Morgan fingerprint density at radius 3 is 2.15 bits per heavy atom. The Bertz CT molecular complexity index is 1890. The molecular weight excluding hydrogens is 967 g/mol. The zero-order valence-electron chi connectivity index (χ0n) is 46.0. The van der Waals surface area contributed by atoms with Gasteiger partial charge in [0.2, 0.25) is 5.91 Å². The number of cyclic esters (lactones) is 1. The molecule has 0 bridgehead atoms. The Hall–Kier alpha value is -2.95. The quantitative estimate of drug-likeness (QED) is 0.0978. The molecular formula is C54H92ClFN4O13. The van der Waals surface area contributed by atoms with E-state index in [1.165, 1.54) is 6.92 Å². The van der Waals surface area contributed by atoms with Crippen LogP contribution in [0.25, 0.3) is 11.1 Å². The summed E-state index contributed by atoms with van der Waals surface area (Å²) in [5.74, 6) is -2.03. The third-order valence-electron chi connectivity index (χ3n) is 14.3. The van der Waals surface area contributed by atoms with Crippen molar-refractivity contribution >= 4 is 23.5 Å². The maximum absolute atomic E-state index is 13.7. The van der Waals surface area contributed by atoms with Gasteiger partial charge in [-0.3, -0.25) is 14.5 Å². The van der Waals surface area contributed by atoms with Crippen LogP contribution in [0.5, 0.6) is 0 Å². The summed E-state index contributed by atoms with van der Waals surface area (Å²) in [6.45, 7) is 20.7. The van der Waals surface area contributed by atoms with Crippen molar-refractivity contribution in [2.24, 2.45) is 17.8 Å². The van der Waals surface area contributed by atoms with Crippen molar-refractivity contribution in [3.63, 3.8) is 0 Å². The predicted molar refractivity (Wildman–Crippen MR) is 280 cm³/mol. The van der Waals surface area contributed by atoms with E-state index in [1.54, 1.807) is 76.4 Å². The molecule has 3 aliphatic rings. The van der Waals surface area contributed by atoms with Crippen LogP contribution in [-0.4, -0.2) is 182 Å². The van der Waals surface area contributed by atoms with Crippen molar-refractivity contribution in [2.75, 3.05) is 47.6 Å². The Balaban J connectivity index is 0.000000408. The smallest absolute Gasteiger partial charge is 0.311 e. The van der Waals surface area contributed by atoms with E-state index >= 15 is 0 Å². The van der Waals surface area contributed by atoms with Crippen molar-refractivity contribution in [3.8, 4) is 11.1 Å². The van der Waals surface area contributed by atoms with Gasteiger partial charge in [-0.05, 0) is 116 Å². The van der Waals surface area contributed by atoms with Gasteiger partial charge in [-0.2, -0.15) is 0 Å². The van der Waals surface area contributed by atoms with Crippen LogP contribution in [0.2, 0.25) is 5.15 Å². The monoisotopic (exact) mass is 1060 g/mol. The van der Waals surface area contributed by atoms with Gasteiger partial charge < -0.3 is 64.9 Å². The van der Waals surface area contributed by atoms with Gasteiger partial charge in [-0.15, -0.1) is 0 Å². The highest BCUT2D eigenvalue weighted by atomic mass is 35.5. The van der Waals surface area contributed by atoms with Crippen LogP contribution in [0, 0.1) is 17.8 Å². The minimum Gasteiger partial charge on any atom is -0.459 e. The molecule has 0 spiro atoms. The summed E-state index contributed by atoms with van der Waals surface area (Å²) in [6.07, 6.45) is -0.837. The molecule has 16 atom stereocenters. The topological polar surface area (TPSA) is 244 Å². The minimum absolute atomic E-state index is 0.0442. The molecule has 0 radical (unpaired) electrons. The highest BCUT2D eigenvalue weighted by molar-refractivity contribution is 6.29. The molecule has 420 valence electrons. The average Bonchev–Trinajstić information content (AvgIpc) is 3.34. The molecule has 5 rings (SSSR count). The van der Waals surface area contributed by atoms with Gasteiger partial charge in [0.25, 0.3) is 0 Å². The SMILES string of the molecule is CC.CC1CC(N(C)CCC(=O)NC(CF)C(O)c2ccc(-c3ccc(Cl)nc3)cc2)CC(O)O1.CC[C@H]1OC(=O)[C@H](C)[C@@H](O)[C@H](C)C[C@](C)(O)C[C@@H](C)CN(C)C(O)[C@]1(C)O.CO[C@]1(C)CCOC(C)[C@@H]1O. The summed E-state index contributed by atoms with van der Waals surface area (Å²) < 4.78 is 35.0. The summed E-state index contributed by atoms with van der Waals surface area (Å²) >= 11 is 5.82. The number of methoxy groups -OCH3 is 1. The summed E-state index contributed by atoms with van der Waals surface area (Å²) in [7, 11) is 5.21. The Kier molecular flexibility index (Phi) is 27.8. The fourth-order valence-corrected chi connectivity index (χ4v) is 9.97. The molecule has 1 amide bonds. The first kappa shape index (κ1) is 66.2. The molecule has 0 aliphatic carbocycles. The molecule has 7 unspecified atom stereocenters. The lowest BCUT2D eigenvalue weighted by Gasteiger charge is -2.42. The van der Waals surface area contributed by atoms with Gasteiger partial charge >= 0.3 is 5.97 Å². The first-order valence-corrected chi connectivity index (χ1v) is 26.3. The van der Waals surface area contributed by atoms with E-state index in [0.717, 1.165) is 24.0 Å². The van der Waals surface area contributed by atoms with Gasteiger partial charge in [0.05, 0.1) is 41.5 Å². The van der Waals surface area contributed by atoms with E-state index in [0.29, 0.717) is 56.1 Å². The summed E-state index contributed by atoms with van der Waals surface area (Å²) in [4.78, 5) is 32.6. The van der Waals surface area contributed by atoms with Gasteiger partial charge in [0.1, 0.15) is 42.0 Å². The molecule has 8 N–H and O–H groups in total. The zero-order valence-corrected chi connectivity index (χ0v) is 46.8. The number of esters is 1. The predicted octanol–water partition coefficient (Wildman–Crippen LogP) is 5.81. The molecule has 17 nitrogen and oxygen atoms in total. The van der Waals surface area contributed by atoms with Crippen molar-refractivity contribution in [2.45, 2.75) is 199 Å². The number of pyridine rings is 1. The number of aliphatic hydroxyl groups is 7. The van der Waals surface area contributed by atoms with E-state index in [2.05, 4.69) is 10.3 Å². The first-order valence-electron chi connectivity index (χ1n) is 25.9. The molecule has 4 heterocycles. The second-order valence-corrected chi connectivity index (χ2v) is 21.3. The van der Waals surface area contributed by atoms with E-state index in [1.807, 2.05) is 66.5 Å². The van der Waals surface area contributed by atoms with Crippen molar-refractivity contribution in [1.29, 1.82) is 0 Å². The van der Waals surface area contributed by atoms with Gasteiger partial charge in [-0.1, -0.05) is 70.5 Å². The van der Waals surface area contributed by atoms with Gasteiger partial charge in [-0.25, -0.2) is 9.37 Å². The van der Waals surface area contributed by atoms with Crippen LogP contribution in [-0.2, 0) is 28.5 Å². The van der Waals surface area contributed by atoms with Crippen LogP contribution in [0.1, 0.15) is 133 Å². The molecule has 19 heteroatoms. The number of amides is 1. The third-order valence-corrected chi connectivity index (χ3v) is 14.6. The van der Waals surface area contributed by atoms with Crippen molar-refractivity contribution < 1.29 is 68.7 Å². The van der Waals surface area contributed by atoms with Crippen molar-refractivity contribution in [1.82, 2.24) is 20.1 Å². The number of nitrogens with zero attached hydrogens (tertiary/aromatic N) is 3. The number of likely N-dealkylation sites (N-methyl/N-ethyl adjacent to an activating group) is 1. The number of aromatic nitrogens is 1. The molecule has 73 heavy (non-hydrogen) atoms. The first-order chi connectivity index (χ1) is 34.1. The summed E-state index contributed by atoms with van der Waals surface area (Å²) in [5.41, 5.74) is -0.864. The Morgan fingerprint density at radius 2 is 1.62 bits per heavy atom. The number of carbonyl (C=O) groups excluding carboxylic acids is 2. The van der Waals surface area contributed by atoms with E-state index < -0.39 is 78.3 Å². The highest BCUT2D eigenvalue weighted by Crippen LogP contribution is 2.33. The number of nitrogens with one attached hydrogen (secondary N) is 1. The maximum Gasteiger partial charge on any atom is 0.311 e. The Morgan fingerprint density at radius 1 is 1.00 bits per heavy atom. The van der Waals surface area contributed by atoms with Crippen molar-refractivity contribution in [3.05, 3.63) is 53.3 Å². The molecule has 1 aromatic heterocycles. The van der Waals surface area contributed by atoms with Crippen LogP contribution in [0.3, 0.4) is 0 Å². The van der Waals surface area contributed by atoms with E-state index in [4.69, 9.17) is 30.5 Å². The minimum atomic E-state index is -1.68. The molecule has 3 fully saturated rings. The lowest BCUT2D eigenvalue weighted by molar-refractivity contribution is -0.208. The lowest BCUT2D eigenvalue weighted by Crippen LogP contribution is -2.58. The second kappa shape index (κ2) is 30.7. The number of rotatable bonds is 11. The van der Waals surface area contributed by atoms with Crippen LogP contribution in [0.15, 0.2) is 42.6 Å². The number of carbonyl (C=O) groups is 2. The number of aliphatic hydroxyl groups excluding tert-OH is 5. The molecule has 3 aliphatic heterocycles. The summed E-state index contributed by atoms with van der Waals surface area (Å²) in [6, 6.07) is 9.60.